The van der Waals surface area contributed by atoms with E-state index in [0.717, 1.165) is 23.6 Å². The molecule has 1 saturated heterocycles. The number of carbonyl (C=O) groups is 1. The largest absolute Gasteiger partial charge is 0.312 e. The van der Waals surface area contributed by atoms with E-state index in [0.29, 0.717) is 18.4 Å². The van der Waals surface area contributed by atoms with Gasteiger partial charge in [0, 0.05) is 36.1 Å². The minimum atomic E-state index is 0.255. The summed E-state index contributed by atoms with van der Waals surface area (Å²) in [6, 6.07) is 8.42. The normalized spacial score (nSPS) is 20.1. The molecule has 1 aliphatic heterocycles. The molecule has 18 heavy (non-hydrogen) atoms. The fraction of sp³-hybridized carbons (Fsp3) is 0.533. The van der Waals surface area contributed by atoms with Gasteiger partial charge < -0.3 is 5.32 Å². The number of nitrogens with one attached hydrogen (secondary N) is 1. The Hall–Kier alpha value is -0.800. The SMILES string of the molecule is CC(C)c1ccc(C(=O)CC2CSCCN2)cc1. The van der Waals surface area contributed by atoms with E-state index >= 15 is 0 Å². The molecule has 1 aromatic rings. The van der Waals surface area contributed by atoms with Crippen LogP contribution < -0.4 is 5.32 Å². The molecule has 1 unspecified atom stereocenters. The lowest BCUT2D eigenvalue weighted by Gasteiger charge is -2.22. The van der Waals surface area contributed by atoms with Crippen LogP contribution in [0.5, 0.6) is 0 Å². The number of thioether (sulfide) groups is 1. The van der Waals surface area contributed by atoms with Crippen LogP contribution in [0.2, 0.25) is 0 Å². The van der Waals surface area contributed by atoms with Crippen molar-refractivity contribution < 1.29 is 4.79 Å². The van der Waals surface area contributed by atoms with E-state index in [-0.39, 0.29) is 5.78 Å². The van der Waals surface area contributed by atoms with Crippen LogP contribution >= 0.6 is 11.8 Å². The number of hydrogen-bond acceptors (Lipinski definition) is 3. The molecule has 1 aromatic carbocycles. The van der Waals surface area contributed by atoms with E-state index in [9.17, 15) is 4.79 Å². The predicted molar refractivity (Wildman–Crippen MR) is 78.6 cm³/mol. The molecule has 0 radical (unpaired) electrons. The molecular weight excluding hydrogens is 242 g/mol. The fourth-order valence-electron chi connectivity index (χ4n) is 2.15. The van der Waals surface area contributed by atoms with Gasteiger partial charge in [-0.15, -0.1) is 0 Å². The third-order valence-electron chi connectivity index (χ3n) is 3.33. The van der Waals surface area contributed by atoms with E-state index in [2.05, 4.69) is 31.3 Å². The molecule has 0 amide bonds. The van der Waals surface area contributed by atoms with Gasteiger partial charge in [0.25, 0.3) is 0 Å². The quantitative estimate of drug-likeness (QED) is 0.846. The number of ketones is 1. The molecule has 1 aliphatic rings. The van der Waals surface area contributed by atoms with Crippen LogP contribution in [0, 0.1) is 0 Å². The Morgan fingerprint density at radius 1 is 1.39 bits per heavy atom. The third kappa shape index (κ3) is 3.59. The summed E-state index contributed by atoms with van der Waals surface area (Å²) in [7, 11) is 0. The van der Waals surface area contributed by atoms with Crippen molar-refractivity contribution in [2.24, 2.45) is 0 Å². The number of hydrogen-bond donors (Lipinski definition) is 1. The standard InChI is InChI=1S/C15H21NOS/c1-11(2)12-3-5-13(6-4-12)15(17)9-14-10-18-8-7-16-14/h3-6,11,14,16H,7-10H2,1-2H3. The molecule has 1 fully saturated rings. The molecule has 3 heteroatoms. The Bertz CT molecular complexity index is 393. The second-order valence-corrected chi connectivity index (χ2v) is 6.28. The van der Waals surface area contributed by atoms with Crippen LogP contribution in [-0.2, 0) is 0 Å². The van der Waals surface area contributed by atoms with E-state index < -0.39 is 0 Å². The second kappa shape index (κ2) is 6.39. The molecule has 0 aliphatic carbocycles. The van der Waals surface area contributed by atoms with Crippen molar-refractivity contribution in [1.29, 1.82) is 0 Å². The zero-order chi connectivity index (χ0) is 13.0. The Labute approximate surface area is 114 Å². The van der Waals surface area contributed by atoms with Crippen LogP contribution in [0.25, 0.3) is 0 Å². The molecule has 1 atom stereocenters. The van der Waals surface area contributed by atoms with Gasteiger partial charge in [0.15, 0.2) is 5.78 Å². The molecule has 2 rings (SSSR count). The van der Waals surface area contributed by atoms with Gasteiger partial charge in [0.05, 0.1) is 0 Å². The first-order chi connectivity index (χ1) is 8.66. The van der Waals surface area contributed by atoms with Gasteiger partial charge in [-0.05, 0) is 11.5 Å². The van der Waals surface area contributed by atoms with E-state index in [4.69, 9.17) is 0 Å². The first-order valence-corrected chi connectivity index (χ1v) is 7.76. The van der Waals surface area contributed by atoms with Crippen molar-refractivity contribution in [3.8, 4) is 0 Å². The summed E-state index contributed by atoms with van der Waals surface area (Å²) in [5.74, 6) is 2.99. The first-order valence-electron chi connectivity index (χ1n) is 6.61. The minimum Gasteiger partial charge on any atom is -0.312 e. The molecule has 1 heterocycles. The number of Topliss-reactive ketones (excluding diaryl/α,β-unsaturated/α-hetero) is 1. The minimum absolute atomic E-state index is 0.255. The lowest BCUT2D eigenvalue weighted by Crippen LogP contribution is -2.38. The van der Waals surface area contributed by atoms with Crippen molar-refractivity contribution in [3.05, 3.63) is 35.4 Å². The molecule has 0 spiro atoms. The Morgan fingerprint density at radius 3 is 2.67 bits per heavy atom. The average Bonchev–Trinajstić information content (AvgIpc) is 2.40. The van der Waals surface area contributed by atoms with E-state index in [1.165, 1.54) is 5.56 Å². The van der Waals surface area contributed by atoms with Crippen molar-refractivity contribution in [3.63, 3.8) is 0 Å². The van der Waals surface area contributed by atoms with Gasteiger partial charge in [-0.3, -0.25) is 4.79 Å². The molecule has 2 nitrogen and oxygen atoms in total. The van der Waals surface area contributed by atoms with Crippen molar-refractivity contribution in [1.82, 2.24) is 5.32 Å². The highest BCUT2D eigenvalue weighted by Crippen LogP contribution is 2.17. The molecule has 0 saturated carbocycles. The maximum Gasteiger partial charge on any atom is 0.164 e. The lowest BCUT2D eigenvalue weighted by molar-refractivity contribution is 0.0972. The van der Waals surface area contributed by atoms with Crippen LogP contribution in [-0.4, -0.2) is 29.9 Å². The second-order valence-electron chi connectivity index (χ2n) is 5.13. The highest BCUT2D eigenvalue weighted by Gasteiger charge is 2.17. The van der Waals surface area contributed by atoms with Gasteiger partial charge >= 0.3 is 0 Å². The Kier molecular flexibility index (Phi) is 4.84. The zero-order valence-electron chi connectivity index (χ0n) is 11.1. The van der Waals surface area contributed by atoms with Crippen molar-refractivity contribution in [2.75, 3.05) is 18.1 Å². The van der Waals surface area contributed by atoms with E-state index in [1.807, 2.05) is 23.9 Å². The maximum absolute atomic E-state index is 12.1. The maximum atomic E-state index is 12.1. The van der Waals surface area contributed by atoms with E-state index in [1.54, 1.807) is 0 Å². The summed E-state index contributed by atoms with van der Waals surface area (Å²) in [5.41, 5.74) is 2.13. The topological polar surface area (TPSA) is 29.1 Å². The number of carbonyl (C=O) groups excluding carboxylic acids is 1. The van der Waals surface area contributed by atoms with Gasteiger partial charge in [0.1, 0.15) is 0 Å². The monoisotopic (exact) mass is 263 g/mol. The van der Waals surface area contributed by atoms with Gasteiger partial charge in [0.2, 0.25) is 0 Å². The highest BCUT2D eigenvalue weighted by molar-refractivity contribution is 7.99. The molecule has 0 aromatic heterocycles. The average molecular weight is 263 g/mol. The molecule has 98 valence electrons. The van der Waals surface area contributed by atoms with Crippen LogP contribution in [0.1, 0.15) is 42.1 Å². The first kappa shape index (κ1) is 13.6. The zero-order valence-corrected chi connectivity index (χ0v) is 11.9. The summed E-state index contributed by atoms with van der Waals surface area (Å²) in [4.78, 5) is 12.1. The lowest BCUT2D eigenvalue weighted by atomic mass is 9.98. The van der Waals surface area contributed by atoms with Gasteiger partial charge in [-0.1, -0.05) is 38.1 Å². The summed E-state index contributed by atoms with van der Waals surface area (Å²) in [6.45, 7) is 5.36. The van der Waals surface area contributed by atoms with Gasteiger partial charge in [-0.2, -0.15) is 11.8 Å². The summed E-state index contributed by atoms with van der Waals surface area (Å²) in [5, 5.41) is 3.41. The molecule has 1 N–H and O–H groups in total. The van der Waals surface area contributed by atoms with Crippen LogP contribution in [0.4, 0.5) is 0 Å². The van der Waals surface area contributed by atoms with Crippen molar-refractivity contribution >= 4 is 17.5 Å². The summed E-state index contributed by atoms with van der Waals surface area (Å²) < 4.78 is 0. The number of benzene rings is 1. The Morgan fingerprint density at radius 2 is 2.11 bits per heavy atom. The summed E-state index contributed by atoms with van der Waals surface area (Å²) >= 11 is 1.93. The number of rotatable bonds is 4. The predicted octanol–water partition coefficient (Wildman–Crippen LogP) is 3.09. The fourth-order valence-corrected chi connectivity index (χ4v) is 3.10. The highest BCUT2D eigenvalue weighted by atomic mass is 32.2. The van der Waals surface area contributed by atoms with Crippen LogP contribution in [0.3, 0.4) is 0 Å². The van der Waals surface area contributed by atoms with Crippen molar-refractivity contribution in [2.45, 2.75) is 32.2 Å². The van der Waals surface area contributed by atoms with Crippen LogP contribution in [0.15, 0.2) is 24.3 Å². The summed E-state index contributed by atoms with van der Waals surface area (Å²) in [6.07, 6.45) is 0.619. The smallest absolute Gasteiger partial charge is 0.164 e. The molecule has 0 bridgehead atoms. The van der Waals surface area contributed by atoms with Gasteiger partial charge in [-0.25, -0.2) is 0 Å². The third-order valence-corrected chi connectivity index (χ3v) is 4.46. The Balaban J connectivity index is 1.95. The molecular formula is C15H21NOS.